The van der Waals surface area contributed by atoms with Gasteiger partial charge in [-0.3, -0.25) is 0 Å². The highest BCUT2D eigenvalue weighted by atomic mass is 16.8. The van der Waals surface area contributed by atoms with Crippen molar-refractivity contribution in [1.82, 2.24) is 0 Å². The molecule has 1 aliphatic carbocycles. The molecule has 1 saturated heterocycles. The van der Waals surface area contributed by atoms with Crippen molar-refractivity contribution >= 4 is 5.97 Å². The molecule has 2 aliphatic heterocycles. The summed E-state index contributed by atoms with van der Waals surface area (Å²) >= 11 is 0. The summed E-state index contributed by atoms with van der Waals surface area (Å²) in [4.78, 5) is 12.1. The van der Waals surface area contributed by atoms with E-state index in [1.54, 1.807) is 0 Å². The summed E-state index contributed by atoms with van der Waals surface area (Å²) in [6.45, 7) is -1.15. The average Bonchev–Trinajstić information content (AvgIpc) is 2.99. The zero-order valence-electron chi connectivity index (χ0n) is 15.6. The van der Waals surface area contributed by atoms with E-state index in [-0.39, 0.29) is 12.0 Å². The molecule has 10 atom stereocenters. The molecular formula is C17H26O12. The number of fused-ring (bicyclic) bond motifs is 1. The van der Waals surface area contributed by atoms with E-state index in [4.69, 9.17) is 14.2 Å². The minimum Gasteiger partial charge on any atom is -0.471 e. The van der Waals surface area contributed by atoms with Crippen LogP contribution in [-0.4, -0.2) is 111 Å². The molecule has 0 unspecified atom stereocenters. The number of aliphatic hydroxyl groups is 7. The lowest BCUT2D eigenvalue weighted by molar-refractivity contribution is -0.348. The topological polar surface area (TPSA) is 196 Å². The van der Waals surface area contributed by atoms with Gasteiger partial charge in [0.1, 0.15) is 35.6 Å². The van der Waals surface area contributed by atoms with Crippen LogP contribution in [-0.2, 0) is 23.7 Å². The summed E-state index contributed by atoms with van der Waals surface area (Å²) < 4.78 is 20.8. The van der Waals surface area contributed by atoms with Crippen LogP contribution in [0.15, 0.2) is 11.8 Å². The van der Waals surface area contributed by atoms with Crippen LogP contribution < -0.4 is 0 Å². The molecule has 0 bridgehead atoms. The maximum atomic E-state index is 12.1. The molecule has 0 amide bonds. The quantitative estimate of drug-likeness (QED) is 0.212. The highest BCUT2D eigenvalue weighted by molar-refractivity contribution is 5.91. The van der Waals surface area contributed by atoms with E-state index in [9.17, 15) is 40.5 Å². The fraction of sp³-hybridized carbons (Fsp3) is 0.824. The largest absolute Gasteiger partial charge is 0.471 e. The van der Waals surface area contributed by atoms with Crippen LogP contribution in [0.2, 0.25) is 0 Å². The Bertz CT molecular complexity index is 638. The predicted octanol–water partition coefficient (Wildman–Crippen LogP) is -4.06. The number of hydrogen-bond donors (Lipinski definition) is 7. The van der Waals surface area contributed by atoms with Crippen molar-refractivity contribution in [2.24, 2.45) is 11.8 Å². The van der Waals surface area contributed by atoms with Gasteiger partial charge >= 0.3 is 5.97 Å². The molecular weight excluding hydrogens is 396 g/mol. The lowest BCUT2D eigenvalue weighted by Crippen LogP contribution is -2.62. The molecule has 0 aromatic heterocycles. The minimum absolute atomic E-state index is 0.0795. The highest BCUT2D eigenvalue weighted by Crippen LogP contribution is 2.50. The number of esters is 1. The van der Waals surface area contributed by atoms with Crippen LogP contribution in [0.3, 0.4) is 0 Å². The number of carbonyl (C=O) groups is 1. The molecule has 0 aromatic carbocycles. The highest BCUT2D eigenvalue weighted by Gasteiger charge is 2.64. The van der Waals surface area contributed by atoms with Crippen LogP contribution in [0.1, 0.15) is 6.42 Å². The first-order valence-corrected chi connectivity index (χ1v) is 9.12. The average molecular weight is 422 g/mol. The lowest BCUT2D eigenvalue weighted by Gasteiger charge is -2.45. The molecule has 1 saturated carbocycles. The van der Waals surface area contributed by atoms with Crippen LogP contribution in [0.4, 0.5) is 0 Å². The molecule has 3 aliphatic rings. The number of hydrogen-bond acceptors (Lipinski definition) is 12. The number of ether oxygens (including phenoxy) is 4. The molecule has 0 radical (unpaired) electrons. The Balaban J connectivity index is 1.90. The Morgan fingerprint density at radius 1 is 1.14 bits per heavy atom. The standard InChI is InChI=1S/C17H26O12/c1-26-14(24)7-5-27-15(10-6(3-18)2-9(20)17(7,10)25)29-16-13(23)12(22)11(21)8(4-19)28-16/h5-6,8-13,15-16,18-23,25H,2-4H2,1H3/t6-,8-,9-,10+,11-,12+,13-,15+,16+,17-/m1/s1. The van der Waals surface area contributed by atoms with E-state index in [2.05, 4.69) is 4.74 Å². The van der Waals surface area contributed by atoms with Gasteiger partial charge in [0.15, 0.2) is 6.29 Å². The van der Waals surface area contributed by atoms with E-state index in [0.717, 1.165) is 13.4 Å². The van der Waals surface area contributed by atoms with Gasteiger partial charge in [-0.2, -0.15) is 0 Å². The molecule has 12 heteroatoms. The second kappa shape index (κ2) is 8.41. The van der Waals surface area contributed by atoms with E-state index in [0.29, 0.717) is 0 Å². The van der Waals surface area contributed by atoms with Crippen molar-refractivity contribution in [3.05, 3.63) is 11.8 Å². The Labute approximate surface area is 165 Å². The van der Waals surface area contributed by atoms with Crippen molar-refractivity contribution in [2.45, 2.75) is 55.1 Å². The molecule has 2 heterocycles. The molecule has 7 N–H and O–H groups in total. The van der Waals surface area contributed by atoms with Gasteiger partial charge in [0.2, 0.25) is 6.29 Å². The lowest BCUT2D eigenvalue weighted by atomic mass is 9.78. The Hall–Kier alpha value is -1.35. The van der Waals surface area contributed by atoms with E-state index in [1.165, 1.54) is 0 Å². The summed E-state index contributed by atoms with van der Waals surface area (Å²) in [6, 6.07) is 0. The minimum atomic E-state index is -2.17. The molecule has 3 rings (SSSR count). The smallest absolute Gasteiger partial charge is 0.339 e. The Morgan fingerprint density at radius 3 is 2.41 bits per heavy atom. The van der Waals surface area contributed by atoms with Gasteiger partial charge in [-0.15, -0.1) is 0 Å². The van der Waals surface area contributed by atoms with Crippen molar-refractivity contribution in [2.75, 3.05) is 20.3 Å². The van der Waals surface area contributed by atoms with E-state index in [1.807, 2.05) is 0 Å². The Kier molecular flexibility index (Phi) is 6.48. The fourth-order valence-electron chi connectivity index (χ4n) is 4.24. The second-order valence-electron chi connectivity index (χ2n) is 7.41. The first-order chi connectivity index (χ1) is 13.7. The van der Waals surface area contributed by atoms with Crippen molar-refractivity contribution < 1.29 is 59.5 Å². The summed E-state index contributed by atoms with van der Waals surface area (Å²) in [5.74, 6) is -2.85. The molecule has 29 heavy (non-hydrogen) atoms. The van der Waals surface area contributed by atoms with E-state index >= 15 is 0 Å². The second-order valence-corrected chi connectivity index (χ2v) is 7.41. The van der Waals surface area contributed by atoms with Gasteiger partial charge in [-0.25, -0.2) is 4.79 Å². The van der Waals surface area contributed by atoms with E-state index < -0.39 is 79.7 Å². The van der Waals surface area contributed by atoms with Crippen molar-refractivity contribution in [3.8, 4) is 0 Å². The normalized spacial score (nSPS) is 47.2. The third kappa shape index (κ3) is 3.54. The molecule has 2 fully saturated rings. The maximum Gasteiger partial charge on any atom is 0.339 e. The van der Waals surface area contributed by atoms with Gasteiger partial charge < -0.3 is 54.7 Å². The third-order valence-electron chi connectivity index (χ3n) is 5.85. The molecule has 166 valence electrons. The third-order valence-corrected chi connectivity index (χ3v) is 5.85. The maximum absolute atomic E-state index is 12.1. The summed E-state index contributed by atoms with van der Waals surface area (Å²) in [5.41, 5.74) is -2.53. The van der Waals surface area contributed by atoms with Crippen molar-refractivity contribution in [1.29, 1.82) is 0 Å². The summed E-state index contributed by atoms with van der Waals surface area (Å²) in [7, 11) is 1.09. The van der Waals surface area contributed by atoms with Crippen LogP contribution >= 0.6 is 0 Å². The first kappa shape index (κ1) is 22.3. The zero-order chi connectivity index (χ0) is 21.5. The number of rotatable bonds is 5. The number of methoxy groups -OCH3 is 1. The van der Waals surface area contributed by atoms with Gasteiger partial charge in [0.25, 0.3) is 0 Å². The fourth-order valence-corrected chi connectivity index (χ4v) is 4.24. The monoisotopic (exact) mass is 422 g/mol. The van der Waals surface area contributed by atoms with Gasteiger partial charge in [0.05, 0.1) is 32.0 Å². The predicted molar refractivity (Wildman–Crippen MR) is 89.5 cm³/mol. The molecule has 12 nitrogen and oxygen atoms in total. The van der Waals surface area contributed by atoms with Gasteiger partial charge in [0, 0.05) is 6.61 Å². The van der Waals surface area contributed by atoms with Gasteiger partial charge in [-0.05, 0) is 12.3 Å². The molecule has 0 aromatic rings. The van der Waals surface area contributed by atoms with Gasteiger partial charge in [-0.1, -0.05) is 0 Å². The summed E-state index contributed by atoms with van der Waals surface area (Å²) in [5, 5.41) is 70.5. The number of carbonyl (C=O) groups excluding carboxylic acids is 1. The SMILES string of the molecule is COC(=O)C1=CO[C@@H](O[C@@H]2O[C@H](CO)[C@@H](O)[C@H](O)[C@H]2O)[C@@H]2[C@@H](CO)C[C@@H](O)[C@]12O. The number of aliphatic hydroxyl groups excluding tert-OH is 6. The van der Waals surface area contributed by atoms with Crippen LogP contribution in [0, 0.1) is 11.8 Å². The van der Waals surface area contributed by atoms with Crippen LogP contribution in [0.5, 0.6) is 0 Å². The molecule has 0 spiro atoms. The van der Waals surface area contributed by atoms with Crippen LogP contribution in [0.25, 0.3) is 0 Å². The Morgan fingerprint density at radius 2 is 1.83 bits per heavy atom. The summed E-state index contributed by atoms with van der Waals surface area (Å²) in [6.07, 6.45) is -9.90. The first-order valence-electron chi connectivity index (χ1n) is 9.12. The van der Waals surface area contributed by atoms with Crippen molar-refractivity contribution in [3.63, 3.8) is 0 Å². The zero-order valence-corrected chi connectivity index (χ0v) is 15.6.